The maximum absolute atomic E-state index is 12.0. The summed E-state index contributed by atoms with van der Waals surface area (Å²) < 4.78 is 5.09. The van der Waals surface area contributed by atoms with Crippen LogP contribution in [-0.2, 0) is 11.2 Å². The molecule has 1 amide bonds. The average molecular weight is 277 g/mol. The predicted octanol–water partition coefficient (Wildman–Crippen LogP) is 1.91. The van der Waals surface area contributed by atoms with Crippen molar-refractivity contribution in [3.05, 3.63) is 29.8 Å². The number of methoxy groups -OCH3 is 1. The highest BCUT2D eigenvalue weighted by atomic mass is 16.5. The number of amides is 1. The van der Waals surface area contributed by atoms with Crippen molar-refractivity contribution in [2.24, 2.45) is 5.41 Å². The van der Waals surface area contributed by atoms with Gasteiger partial charge in [0.25, 0.3) is 0 Å². The Labute approximate surface area is 120 Å². The van der Waals surface area contributed by atoms with Gasteiger partial charge in [-0.1, -0.05) is 25.0 Å². The van der Waals surface area contributed by atoms with Gasteiger partial charge in [-0.15, -0.1) is 0 Å². The molecule has 1 aromatic carbocycles. The van der Waals surface area contributed by atoms with Gasteiger partial charge in [0.15, 0.2) is 0 Å². The van der Waals surface area contributed by atoms with Gasteiger partial charge in [-0.05, 0) is 30.5 Å². The summed E-state index contributed by atoms with van der Waals surface area (Å²) in [5.74, 6) is 0.800. The third kappa shape index (κ3) is 3.73. The molecule has 1 saturated carbocycles. The molecule has 0 radical (unpaired) electrons. The second-order valence-corrected chi connectivity index (χ2v) is 5.67. The third-order valence-corrected chi connectivity index (χ3v) is 4.18. The van der Waals surface area contributed by atoms with Crippen LogP contribution < -0.4 is 10.1 Å². The van der Waals surface area contributed by atoms with Crippen molar-refractivity contribution in [1.82, 2.24) is 5.32 Å². The predicted molar refractivity (Wildman–Crippen MR) is 77.7 cm³/mol. The van der Waals surface area contributed by atoms with E-state index in [1.807, 2.05) is 24.3 Å². The Balaban J connectivity index is 1.82. The van der Waals surface area contributed by atoms with Crippen LogP contribution in [0.5, 0.6) is 5.75 Å². The number of carbonyl (C=O) groups is 1. The summed E-state index contributed by atoms with van der Waals surface area (Å²) in [6.07, 6.45) is 4.67. The number of aliphatic hydroxyl groups is 1. The largest absolute Gasteiger partial charge is 0.497 e. The van der Waals surface area contributed by atoms with Crippen LogP contribution in [0.4, 0.5) is 0 Å². The maximum Gasteiger partial charge on any atom is 0.224 e. The minimum Gasteiger partial charge on any atom is -0.497 e. The number of benzene rings is 1. The molecule has 2 N–H and O–H groups in total. The molecule has 1 aliphatic carbocycles. The van der Waals surface area contributed by atoms with Crippen molar-refractivity contribution in [2.45, 2.75) is 32.1 Å². The summed E-state index contributed by atoms with van der Waals surface area (Å²) >= 11 is 0. The third-order valence-electron chi connectivity index (χ3n) is 4.18. The molecular formula is C16H23NO3. The molecule has 0 heterocycles. The topological polar surface area (TPSA) is 58.6 Å². The number of rotatable bonds is 6. The SMILES string of the molecule is COc1ccc(CC(=O)NCC2(CO)CCCC2)cc1. The second-order valence-electron chi connectivity index (χ2n) is 5.67. The Kier molecular flexibility index (Phi) is 5.01. The number of carbonyl (C=O) groups excluding carboxylic acids is 1. The lowest BCUT2D eigenvalue weighted by Crippen LogP contribution is -2.38. The molecule has 0 aliphatic heterocycles. The van der Waals surface area contributed by atoms with Crippen LogP contribution >= 0.6 is 0 Å². The van der Waals surface area contributed by atoms with Gasteiger partial charge >= 0.3 is 0 Å². The molecule has 0 saturated heterocycles. The molecular weight excluding hydrogens is 254 g/mol. The van der Waals surface area contributed by atoms with Crippen molar-refractivity contribution < 1.29 is 14.6 Å². The molecule has 20 heavy (non-hydrogen) atoms. The Morgan fingerprint density at radius 2 is 1.95 bits per heavy atom. The van der Waals surface area contributed by atoms with Crippen molar-refractivity contribution in [1.29, 1.82) is 0 Å². The van der Waals surface area contributed by atoms with Gasteiger partial charge in [0.05, 0.1) is 20.1 Å². The molecule has 1 fully saturated rings. The Morgan fingerprint density at radius 1 is 1.30 bits per heavy atom. The highest BCUT2D eigenvalue weighted by Crippen LogP contribution is 2.36. The monoisotopic (exact) mass is 277 g/mol. The van der Waals surface area contributed by atoms with E-state index >= 15 is 0 Å². The minimum atomic E-state index is -0.0877. The van der Waals surface area contributed by atoms with E-state index in [4.69, 9.17) is 4.74 Å². The molecule has 1 aromatic rings. The van der Waals surface area contributed by atoms with Crippen LogP contribution in [0.25, 0.3) is 0 Å². The number of hydrogen-bond acceptors (Lipinski definition) is 3. The summed E-state index contributed by atoms with van der Waals surface area (Å²) in [6.45, 7) is 0.744. The van der Waals surface area contributed by atoms with Gasteiger partial charge in [-0.2, -0.15) is 0 Å². The van der Waals surface area contributed by atoms with E-state index in [0.717, 1.165) is 37.0 Å². The summed E-state index contributed by atoms with van der Waals surface area (Å²) in [5, 5.41) is 12.5. The molecule has 0 bridgehead atoms. The molecule has 0 spiro atoms. The van der Waals surface area contributed by atoms with Crippen LogP contribution in [-0.4, -0.2) is 31.3 Å². The van der Waals surface area contributed by atoms with E-state index in [9.17, 15) is 9.90 Å². The van der Waals surface area contributed by atoms with E-state index in [1.165, 1.54) is 0 Å². The van der Waals surface area contributed by atoms with Gasteiger partial charge in [0.1, 0.15) is 5.75 Å². The van der Waals surface area contributed by atoms with Crippen molar-refractivity contribution in [3.8, 4) is 5.75 Å². The zero-order valence-corrected chi connectivity index (χ0v) is 12.0. The normalized spacial score (nSPS) is 16.9. The summed E-state index contributed by atoms with van der Waals surface area (Å²) in [7, 11) is 1.62. The quantitative estimate of drug-likeness (QED) is 0.835. The first kappa shape index (κ1) is 14.9. The number of hydrogen-bond donors (Lipinski definition) is 2. The lowest BCUT2D eigenvalue weighted by Gasteiger charge is -2.26. The van der Waals surface area contributed by atoms with Crippen LogP contribution in [0, 0.1) is 5.41 Å². The molecule has 0 atom stereocenters. The van der Waals surface area contributed by atoms with E-state index < -0.39 is 0 Å². The van der Waals surface area contributed by atoms with E-state index in [-0.39, 0.29) is 17.9 Å². The molecule has 2 rings (SSSR count). The zero-order chi connectivity index (χ0) is 14.4. The first-order valence-corrected chi connectivity index (χ1v) is 7.18. The van der Waals surface area contributed by atoms with Crippen molar-refractivity contribution in [2.75, 3.05) is 20.3 Å². The van der Waals surface area contributed by atoms with Crippen molar-refractivity contribution in [3.63, 3.8) is 0 Å². The smallest absolute Gasteiger partial charge is 0.224 e. The number of aliphatic hydroxyl groups excluding tert-OH is 1. The van der Waals surface area contributed by atoms with E-state index in [2.05, 4.69) is 5.32 Å². The lowest BCUT2D eigenvalue weighted by atomic mass is 9.87. The van der Waals surface area contributed by atoms with E-state index in [1.54, 1.807) is 7.11 Å². The average Bonchev–Trinajstić information content (AvgIpc) is 2.95. The van der Waals surface area contributed by atoms with Crippen LogP contribution in [0.3, 0.4) is 0 Å². The number of nitrogens with one attached hydrogen (secondary N) is 1. The highest BCUT2D eigenvalue weighted by Gasteiger charge is 2.33. The lowest BCUT2D eigenvalue weighted by molar-refractivity contribution is -0.121. The molecule has 1 aliphatic rings. The van der Waals surface area contributed by atoms with Gasteiger partial charge in [-0.25, -0.2) is 0 Å². The van der Waals surface area contributed by atoms with Gasteiger partial charge in [-0.3, -0.25) is 4.79 Å². The van der Waals surface area contributed by atoms with Gasteiger partial charge in [0.2, 0.25) is 5.91 Å². The minimum absolute atomic E-state index is 0.00916. The fourth-order valence-electron chi connectivity index (χ4n) is 2.79. The fourth-order valence-corrected chi connectivity index (χ4v) is 2.79. The molecule has 4 heteroatoms. The standard InChI is InChI=1S/C16H23NO3/c1-20-14-6-4-13(5-7-14)10-15(19)17-11-16(12-18)8-2-3-9-16/h4-7,18H,2-3,8-12H2,1H3,(H,17,19). The van der Waals surface area contributed by atoms with Crippen LogP contribution in [0.2, 0.25) is 0 Å². The van der Waals surface area contributed by atoms with E-state index in [0.29, 0.717) is 13.0 Å². The molecule has 0 aromatic heterocycles. The van der Waals surface area contributed by atoms with Crippen LogP contribution in [0.15, 0.2) is 24.3 Å². The fraction of sp³-hybridized carbons (Fsp3) is 0.562. The Morgan fingerprint density at radius 3 is 2.50 bits per heavy atom. The first-order chi connectivity index (χ1) is 9.67. The molecule has 0 unspecified atom stereocenters. The Bertz CT molecular complexity index is 436. The molecule has 4 nitrogen and oxygen atoms in total. The van der Waals surface area contributed by atoms with Gasteiger partial charge < -0.3 is 15.2 Å². The van der Waals surface area contributed by atoms with Crippen molar-refractivity contribution >= 4 is 5.91 Å². The number of ether oxygens (including phenoxy) is 1. The maximum atomic E-state index is 12.0. The van der Waals surface area contributed by atoms with Crippen LogP contribution in [0.1, 0.15) is 31.2 Å². The summed E-state index contributed by atoms with van der Waals surface area (Å²) in [4.78, 5) is 12.0. The summed E-state index contributed by atoms with van der Waals surface area (Å²) in [5.41, 5.74) is 0.878. The zero-order valence-electron chi connectivity index (χ0n) is 12.0. The first-order valence-electron chi connectivity index (χ1n) is 7.18. The van der Waals surface area contributed by atoms with Gasteiger partial charge in [0, 0.05) is 12.0 Å². The second kappa shape index (κ2) is 6.75. The molecule has 110 valence electrons. The highest BCUT2D eigenvalue weighted by molar-refractivity contribution is 5.78. The Hall–Kier alpha value is -1.55. The summed E-state index contributed by atoms with van der Waals surface area (Å²) in [6, 6.07) is 7.51.